The Labute approximate surface area is 98.0 Å². The van der Waals surface area contributed by atoms with Gasteiger partial charge in [-0.2, -0.15) is 0 Å². The number of ether oxygens (including phenoxy) is 2. The third kappa shape index (κ3) is 2.49. The van der Waals surface area contributed by atoms with E-state index in [1.807, 2.05) is 0 Å². The first-order valence-electron chi connectivity index (χ1n) is 5.44. The molecule has 3 nitrogen and oxygen atoms in total. The fraction of sp³-hybridized carbons (Fsp3) is 0.500. The van der Waals surface area contributed by atoms with Gasteiger partial charge in [0.05, 0.1) is 0 Å². The van der Waals surface area contributed by atoms with Crippen molar-refractivity contribution in [3.8, 4) is 11.5 Å². The molecule has 1 aromatic carbocycles. The van der Waals surface area contributed by atoms with E-state index in [1.54, 1.807) is 0 Å². The predicted octanol–water partition coefficient (Wildman–Crippen LogP) is 2.10. The SMILES string of the molecule is CC(F)(F)c1cc(CCO)c2c(c1)OCCO2. The summed E-state index contributed by atoms with van der Waals surface area (Å²) in [5.41, 5.74) is 0.437. The lowest BCUT2D eigenvalue weighted by Crippen LogP contribution is -2.18. The molecule has 5 heteroatoms. The molecule has 1 aromatic rings. The van der Waals surface area contributed by atoms with Crippen LogP contribution in [-0.4, -0.2) is 24.9 Å². The van der Waals surface area contributed by atoms with E-state index in [-0.39, 0.29) is 18.6 Å². The minimum absolute atomic E-state index is 0.117. The van der Waals surface area contributed by atoms with E-state index in [9.17, 15) is 8.78 Å². The molecule has 94 valence electrons. The second-order valence-electron chi connectivity index (χ2n) is 4.02. The Morgan fingerprint density at radius 3 is 2.65 bits per heavy atom. The average Bonchev–Trinajstić information content (AvgIpc) is 2.28. The summed E-state index contributed by atoms with van der Waals surface area (Å²) in [7, 11) is 0. The van der Waals surface area contributed by atoms with Crippen LogP contribution in [0, 0.1) is 0 Å². The van der Waals surface area contributed by atoms with Crippen LogP contribution in [0.2, 0.25) is 0 Å². The Morgan fingerprint density at radius 2 is 2.00 bits per heavy atom. The third-order valence-corrected chi connectivity index (χ3v) is 2.61. The molecule has 0 bridgehead atoms. The van der Waals surface area contributed by atoms with Gasteiger partial charge >= 0.3 is 0 Å². The maximum Gasteiger partial charge on any atom is 0.270 e. The van der Waals surface area contributed by atoms with E-state index in [0.29, 0.717) is 30.3 Å². The minimum atomic E-state index is -2.93. The number of rotatable bonds is 3. The molecule has 0 spiro atoms. The van der Waals surface area contributed by atoms with Crippen molar-refractivity contribution >= 4 is 0 Å². The zero-order valence-corrected chi connectivity index (χ0v) is 9.50. The van der Waals surface area contributed by atoms with Gasteiger partial charge in [0.25, 0.3) is 5.92 Å². The summed E-state index contributed by atoms with van der Waals surface area (Å²) in [6.07, 6.45) is 0.273. The zero-order valence-electron chi connectivity index (χ0n) is 9.50. The second-order valence-corrected chi connectivity index (χ2v) is 4.02. The van der Waals surface area contributed by atoms with E-state index >= 15 is 0 Å². The first-order valence-corrected chi connectivity index (χ1v) is 5.44. The summed E-state index contributed by atoms with van der Waals surface area (Å²) in [6.45, 7) is 1.47. The minimum Gasteiger partial charge on any atom is -0.486 e. The highest BCUT2D eigenvalue weighted by atomic mass is 19.3. The van der Waals surface area contributed by atoms with E-state index in [4.69, 9.17) is 14.6 Å². The topological polar surface area (TPSA) is 38.7 Å². The molecule has 0 radical (unpaired) electrons. The fourth-order valence-electron chi connectivity index (χ4n) is 1.79. The van der Waals surface area contributed by atoms with Crippen molar-refractivity contribution in [1.82, 2.24) is 0 Å². The van der Waals surface area contributed by atoms with Crippen LogP contribution in [0.15, 0.2) is 12.1 Å². The van der Waals surface area contributed by atoms with Crippen molar-refractivity contribution in [3.63, 3.8) is 0 Å². The van der Waals surface area contributed by atoms with Gasteiger partial charge in [0.2, 0.25) is 0 Å². The monoisotopic (exact) mass is 244 g/mol. The highest BCUT2D eigenvalue weighted by molar-refractivity contribution is 5.51. The van der Waals surface area contributed by atoms with Crippen LogP contribution in [0.5, 0.6) is 11.5 Å². The Kier molecular flexibility index (Phi) is 3.19. The largest absolute Gasteiger partial charge is 0.486 e. The summed E-state index contributed by atoms with van der Waals surface area (Å²) in [4.78, 5) is 0. The molecule has 0 atom stereocenters. The van der Waals surface area contributed by atoms with Crippen LogP contribution >= 0.6 is 0 Å². The third-order valence-electron chi connectivity index (χ3n) is 2.61. The number of benzene rings is 1. The molecule has 0 amide bonds. The van der Waals surface area contributed by atoms with Crippen molar-refractivity contribution in [2.75, 3.05) is 19.8 Å². The van der Waals surface area contributed by atoms with Gasteiger partial charge in [-0.15, -0.1) is 0 Å². The molecule has 0 fully saturated rings. The number of hydrogen-bond donors (Lipinski definition) is 1. The lowest BCUT2D eigenvalue weighted by Gasteiger charge is -2.23. The molecule has 0 aliphatic carbocycles. The highest BCUT2D eigenvalue weighted by Crippen LogP contribution is 2.39. The van der Waals surface area contributed by atoms with E-state index in [1.165, 1.54) is 12.1 Å². The zero-order chi connectivity index (χ0) is 12.5. The summed E-state index contributed by atoms with van der Waals surface area (Å²) < 4.78 is 37.3. The molecule has 2 rings (SSSR count). The van der Waals surface area contributed by atoms with Crippen LogP contribution in [0.1, 0.15) is 18.1 Å². The predicted molar refractivity (Wildman–Crippen MR) is 57.8 cm³/mol. The van der Waals surface area contributed by atoms with Crippen molar-refractivity contribution < 1.29 is 23.4 Å². The number of hydrogen-bond acceptors (Lipinski definition) is 3. The van der Waals surface area contributed by atoms with Crippen LogP contribution in [0.3, 0.4) is 0 Å². The number of aliphatic hydroxyl groups is 1. The van der Waals surface area contributed by atoms with Crippen molar-refractivity contribution in [1.29, 1.82) is 0 Å². The lowest BCUT2D eigenvalue weighted by atomic mass is 10.0. The van der Waals surface area contributed by atoms with Gasteiger partial charge in [0, 0.05) is 24.7 Å². The lowest BCUT2D eigenvalue weighted by molar-refractivity contribution is 0.0168. The van der Waals surface area contributed by atoms with Crippen molar-refractivity contribution in [3.05, 3.63) is 23.3 Å². The highest BCUT2D eigenvalue weighted by Gasteiger charge is 2.28. The van der Waals surface area contributed by atoms with Crippen molar-refractivity contribution in [2.24, 2.45) is 0 Å². The maximum atomic E-state index is 13.3. The van der Waals surface area contributed by atoms with E-state index < -0.39 is 5.92 Å². The smallest absolute Gasteiger partial charge is 0.270 e. The average molecular weight is 244 g/mol. The Morgan fingerprint density at radius 1 is 1.29 bits per heavy atom. The van der Waals surface area contributed by atoms with Gasteiger partial charge in [0.1, 0.15) is 13.2 Å². The summed E-state index contributed by atoms with van der Waals surface area (Å²) in [5, 5.41) is 8.93. The van der Waals surface area contributed by atoms with Crippen molar-refractivity contribution in [2.45, 2.75) is 19.3 Å². The van der Waals surface area contributed by atoms with Gasteiger partial charge in [-0.3, -0.25) is 0 Å². The molecule has 0 aromatic heterocycles. The molecule has 1 aliphatic heterocycles. The number of aliphatic hydroxyl groups excluding tert-OH is 1. The summed E-state index contributed by atoms with van der Waals surface area (Å²) in [6, 6.07) is 2.67. The molecule has 17 heavy (non-hydrogen) atoms. The molecule has 1 aliphatic rings. The van der Waals surface area contributed by atoms with E-state index in [2.05, 4.69) is 0 Å². The molecule has 0 saturated heterocycles. The molecule has 1 N–H and O–H groups in total. The molecule has 1 heterocycles. The fourth-order valence-corrected chi connectivity index (χ4v) is 1.79. The van der Waals surface area contributed by atoms with Gasteiger partial charge in [-0.25, -0.2) is 8.78 Å². The van der Waals surface area contributed by atoms with E-state index in [0.717, 1.165) is 6.92 Å². The van der Waals surface area contributed by atoms with Crippen LogP contribution in [-0.2, 0) is 12.3 Å². The van der Waals surface area contributed by atoms with Gasteiger partial charge in [-0.05, 0) is 18.6 Å². The molecular formula is C12H14F2O3. The Hall–Kier alpha value is -1.36. The van der Waals surface area contributed by atoms with Gasteiger partial charge in [-0.1, -0.05) is 0 Å². The molecular weight excluding hydrogens is 230 g/mol. The number of fused-ring (bicyclic) bond motifs is 1. The summed E-state index contributed by atoms with van der Waals surface area (Å²) in [5.74, 6) is -2.13. The first-order chi connectivity index (χ1) is 8.02. The van der Waals surface area contributed by atoms with Crippen LogP contribution in [0.25, 0.3) is 0 Å². The number of halogens is 2. The Balaban J connectivity index is 2.48. The second kappa shape index (κ2) is 4.49. The molecule has 0 saturated carbocycles. The maximum absolute atomic E-state index is 13.3. The normalized spacial score (nSPS) is 14.8. The number of alkyl halides is 2. The van der Waals surface area contributed by atoms with Crippen LogP contribution < -0.4 is 9.47 Å². The molecule has 0 unspecified atom stereocenters. The quantitative estimate of drug-likeness (QED) is 0.885. The summed E-state index contributed by atoms with van der Waals surface area (Å²) >= 11 is 0. The standard InChI is InChI=1S/C12H14F2O3/c1-12(13,14)9-6-8(2-3-15)11-10(7-9)16-4-5-17-11/h6-7,15H,2-5H2,1H3. The van der Waals surface area contributed by atoms with Crippen LogP contribution in [0.4, 0.5) is 8.78 Å². The van der Waals surface area contributed by atoms with Gasteiger partial charge in [0.15, 0.2) is 11.5 Å². The first kappa shape index (κ1) is 12.1. The van der Waals surface area contributed by atoms with Gasteiger partial charge < -0.3 is 14.6 Å². The Bertz CT molecular complexity index is 413.